The van der Waals surface area contributed by atoms with E-state index in [0.29, 0.717) is 13.2 Å². The molecule has 0 unspecified atom stereocenters. The summed E-state index contributed by atoms with van der Waals surface area (Å²) in [5.41, 5.74) is 13.5. The van der Waals surface area contributed by atoms with Crippen LogP contribution in [0.3, 0.4) is 0 Å². The summed E-state index contributed by atoms with van der Waals surface area (Å²) in [4.78, 5) is 4.64. The predicted molar refractivity (Wildman–Crippen MR) is 312 cm³/mol. The molecular weight excluding hydrogens is 877 g/mol. The van der Waals surface area contributed by atoms with Gasteiger partial charge in [-0.3, -0.25) is 0 Å². The highest BCUT2D eigenvalue weighted by molar-refractivity contribution is 5.82. The van der Waals surface area contributed by atoms with Gasteiger partial charge in [-0.05, 0) is 134 Å². The van der Waals surface area contributed by atoms with Crippen LogP contribution in [0.4, 0.5) is 34.1 Å². The maximum atomic E-state index is 6.76. The quantitative estimate of drug-likeness (QED) is 0.0331. The Morgan fingerprint density at radius 2 is 0.653 bits per heavy atom. The largest absolute Gasteiger partial charge is 0.493 e. The number of unbranched alkanes of at least 4 members (excludes halogenated alkanes) is 14. The zero-order valence-corrected chi connectivity index (χ0v) is 43.9. The molecule has 7 aromatic carbocycles. The molecule has 0 saturated heterocycles. The van der Waals surface area contributed by atoms with E-state index in [1.54, 1.807) is 0 Å². The summed E-state index contributed by atoms with van der Waals surface area (Å²) >= 11 is 0. The highest BCUT2D eigenvalue weighted by Gasteiger charge is 2.15. The van der Waals surface area contributed by atoms with Crippen LogP contribution in [0.2, 0.25) is 0 Å². The molecule has 7 rings (SSSR count). The fourth-order valence-electron chi connectivity index (χ4n) is 9.36. The zero-order chi connectivity index (χ0) is 50.0. The lowest BCUT2D eigenvalue weighted by Gasteiger charge is -2.25. The molecule has 0 saturated carbocycles. The fourth-order valence-corrected chi connectivity index (χ4v) is 9.36. The molecule has 0 heterocycles. The van der Waals surface area contributed by atoms with E-state index < -0.39 is 0 Å². The maximum absolute atomic E-state index is 6.76. The van der Waals surface area contributed by atoms with E-state index in [0.717, 1.165) is 80.7 Å². The third-order valence-electron chi connectivity index (χ3n) is 13.4. The average Bonchev–Trinajstić information content (AvgIpc) is 3.41. The molecule has 0 amide bonds. The van der Waals surface area contributed by atoms with E-state index in [9.17, 15) is 0 Å². The van der Waals surface area contributed by atoms with Crippen molar-refractivity contribution in [3.05, 3.63) is 203 Å². The van der Waals surface area contributed by atoms with E-state index in [4.69, 9.17) is 9.47 Å². The van der Waals surface area contributed by atoms with Crippen molar-refractivity contribution in [2.75, 3.05) is 23.0 Å². The predicted octanol–water partition coefficient (Wildman–Crippen LogP) is 20.6. The van der Waals surface area contributed by atoms with Crippen LogP contribution in [0.1, 0.15) is 150 Å². The van der Waals surface area contributed by atoms with Gasteiger partial charge in [-0.2, -0.15) is 0 Å². The van der Waals surface area contributed by atoms with Gasteiger partial charge < -0.3 is 19.3 Å². The molecule has 4 nitrogen and oxygen atoms in total. The second-order valence-electron chi connectivity index (χ2n) is 19.4. The number of benzene rings is 7. The van der Waals surface area contributed by atoms with Crippen molar-refractivity contribution >= 4 is 58.4 Å². The van der Waals surface area contributed by atoms with Crippen LogP contribution in [-0.2, 0) is 0 Å². The van der Waals surface area contributed by atoms with E-state index in [-0.39, 0.29) is 0 Å². The number of para-hydroxylation sites is 2. The van der Waals surface area contributed by atoms with Gasteiger partial charge >= 0.3 is 0 Å². The SMILES string of the molecule is CCCCCCCCCCOc1cc(/C=C/c2ccc(N(c3ccccc3)c3cccc(C)c3)cc2)c(OCCCCCCCCCC)cc1/C=C/c1ccc(N(c2ccccc2)c2cccc(C)c2)cc1. The second-order valence-corrected chi connectivity index (χ2v) is 19.4. The van der Waals surface area contributed by atoms with Crippen molar-refractivity contribution in [2.24, 2.45) is 0 Å². The molecule has 4 heteroatoms. The minimum absolute atomic E-state index is 0.681. The first kappa shape index (κ1) is 53.0. The van der Waals surface area contributed by atoms with Crippen LogP contribution < -0.4 is 19.3 Å². The average molecular weight is 957 g/mol. The second kappa shape index (κ2) is 29.5. The Morgan fingerprint density at radius 1 is 0.319 bits per heavy atom. The topological polar surface area (TPSA) is 24.9 Å². The molecule has 0 aliphatic heterocycles. The maximum Gasteiger partial charge on any atom is 0.127 e. The fraction of sp³-hybridized carbons (Fsp3) is 0.324. The van der Waals surface area contributed by atoms with Crippen LogP contribution in [0, 0.1) is 13.8 Å². The van der Waals surface area contributed by atoms with E-state index >= 15 is 0 Å². The third-order valence-corrected chi connectivity index (χ3v) is 13.4. The van der Waals surface area contributed by atoms with Gasteiger partial charge in [-0.1, -0.05) is 213 Å². The molecular formula is C68H80N2O2. The first-order valence-electron chi connectivity index (χ1n) is 27.3. The molecule has 7 aromatic rings. The Morgan fingerprint density at radius 3 is 1.01 bits per heavy atom. The number of nitrogens with zero attached hydrogens (tertiary/aromatic N) is 2. The Bertz CT molecular complexity index is 2500. The molecule has 0 N–H and O–H groups in total. The Balaban J connectivity index is 1.16. The monoisotopic (exact) mass is 957 g/mol. The Kier molecular flexibility index (Phi) is 21.8. The van der Waals surface area contributed by atoms with Gasteiger partial charge in [-0.25, -0.2) is 0 Å². The highest BCUT2D eigenvalue weighted by Crippen LogP contribution is 2.38. The summed E-state index contributed by atoms with van der Waals surface area (Å²) in [6, 6.07) is 60.7. The molecule has 0 fully saturated rings. The number of anilines is 6. The first-order valence-corrected chi connectivity index (χ1v) is 27.3. The van der Waals surface area contributed by atoms with Crippen LogP contribution in [0.15, 0.2) is 170 Å². The van der Waals surface area contributed by atoms with Crippen LogP contribution in [-0.4, -0.2) is 13.2 Å². The summed E-state index contributed by atoms with van der Waals surface area (Å²) in [6.45, 7) is 10.2. The lowest BCUT2D eigenvalue weighted by molar-refractivity contribution is 0.295. The van der Waals surface area contributed by atoms with Crippen molar-refractivity contribution in [1.82, 2.24) is 0 Å². The number of hydrogen-bond donors (Lipinski definition) is 0. The summed E-state index contributed by atoms with van der Waals surface area (Å²) in [7, 11) is 0. The van der Waals surface area contributed by atoms with Gasteiger partial charge in [0.1, 0.15) is 11.5 Å². The van der Waals surface area contributed by atoms with E-state index in [1.807, 2.05) is 0 Å². The minimum Gasteiger partial charge on any atom is -0.493 e. The molecule has 0 spiro atoms. The molecule has 0 atom stereocenters. The molecule has 374 valence electrons. The number of aryl methyl sites for hydroxylation is 2. The van der Waals surface area contributed by atoms with Gasteiger partial charge in [0.15, 0.2) is 0 Å². The standard InChI is InChI=1S/C68H80N2O2/c1-5-7-9-11-13-15-17-25-49-71-67-53-60(44-38-58-41-47-64(48-42-58)70(62-33-23-20-24-34-62)66-36-28-30-56(4)52-66)68(72-50-26-18-16-14-12-10-8-6-2)54-59(67)43-37-57-39-45-63(46-40-57)69(61-31-21-19-22-32-61)65-35-27-29-55(3)51-65/h19-24,27-48,51-54H,5-18,25-26,49-50H2,1-4H3/b43-37+,44-38+. The number of ether oxygens (including phenoxy) is 2. The van der Waals surface area contributed by atoms with Crippen molar-refractivity contribution in [1.29, 1.82) is 0 Å². The summed E-state index contributed by atoms with van der Waals surface area (Å²) in [5.74, 6) is 1.76. The normalized spacial score (nSPS) is 11.4. The Hall–Kier alpha value is -6.78. The summed E-state index contributed by atoms with van der Waals surface area (Å²) in [6.07, 6.45) is 29.0. The molecule has 0 aromatic heterocycles. The summed E-state index contributed by atoms with van der Waals surface area (Å²) in [5, 5.41) is 0. The van der Waals surface area contributed by atoms with Gasteiger partial charge in [-0.15, -0.1) is 0 Å². The lowest BCUT2D eigenvalue weighted by Crippen LogP contribution is -2.09. The van der Waals surface area contributed by atoms with E-state index in [1.165, 1.54) is 101 Å². The smallest absolute Gasteiger partial charge is 0.127 e. The molecule has 72 heavy (non-hydrogen) atoms. The van der Waals surface area contributed by atoms with E-state index in [2.05, 4.69) is 232 Å². The van der Waals surface area contributed by atoms with Crippen LogP contribution in [0.25, 0.3) is 24.3 Å². The van der Waals surface area contributed by atoms with Crippen molar-refractivity contribution < 1.29 is 9.47 Å². The number of rotatable bonds is 30. The molecule has 0 aliphatic rings. The number of hydrogen-bond acceptors (Lipinski definition) is 4. The van der Waals surface area contributed by atoms with Crippen molar-refractivity contribution in [3.8, 4) is 11.5 Å². The van der Waals surface area contributed by atoms with Crippen LogP contribution in [0.5, 0.6) is 11.5 Å². The minimum atomic E-state index is 0.681. The molecule has 0 aliphatic carbocycles. The van der Waals surface area contributed by atoms with Gasteiger partial charge in [0, 0.05) is 45.3 Å². The van der Waals surface area contributed by atoms with Crippen LogP contribution >= 0.6 is 0 Å². The van der Waals surface area contributed by atoms with Gasteiger partial charge in [0.2, 0.25) is 0 Å². The summed E-state index contributed by atoms with van der Waals surface area (Å²) < 4.78 is 13.5. The third kappa shape index (κ3) is 16.7. The molecule has 0 radical (unpaired) electrons. The zero-order valence-electron chi connectivity index (χ0n) is 43.9. The van der Waals surface area contributed by atoms with Crippen molar-refractivity contribution in [3.63, 3.8) is 0 Å². The Labute approximate surface area is 434 Å². The molecule has 0 bridgehead atoms. The van der Waals surface area contributed by atoms with Gasteiger partial charge in [0.05, 0.1) is 13.2 Å². The lowest BCUT2D eigenvalue weighted by atomic mass is 10.0. The van der Waals surface area contributed by atoms with Crippen molar-refractivity contribution in [2.45, 2.75) is 130 Å². The van der Waals surface area contributed by atoms with Gasteiger partial charge in [0.25, 0.3) is 0 Å². The highest BCUT2D eigenvalue weighted by atomic mass is 16.5. The first-order chi connectivity index (χ1) is 35.5.